The van der Waals surface area contributed by atoms with Crippen LogP contribution in [0.2, 0.25) is 0 Å². The van der Waals surface area contributed by atoms with Crippen molar-refractivity contribution in [2.75, 3.05) is 12.3 Å². The lowest BCUT2D eigenvalue weighted by Gasteiger charge is -2.23. The van der Waals surface area contributed by atoms with Crippen LogP contribution in [0, 0.1) is 5.92 Å². The van der Waals surface area contributed by atoms with Crippen molar-refractivity contribution in [2.45, 2.75) is 64.2 Å². The van der Waals surface area contributed by atoms with Gasteiger partial charge in [0.15, 0.2) is 9.84 Å². The molecule has 17 heavy (non-hydrogen) atoms. The van der Waals surface area contributed by atoms with Crippen LogP contribution in [-0.2, 0) is 9.84 Å². The molecule has 0 aromatic heterocycles. The average Bonchev–Trinajstić information content (AvgIpc) is 2.67. The van der Waals surface area contributed by atoms with Crippen LogP contribution in [0.4, 0.5) is 0 Å². The summed E-state index contributed by atoms with van der Waals surface area (Å²) >= 11 is 0. The first-order valence-electron chi connectivity index (χ1n) is 6.70. The quantitative estimate of drug-likeness (QED) is 0.826. The molecule has 0 heterocycles. The molecule has 0 aromatic carbocycles. The number of hydrogen-bond donors (Lipinski definition) is 1. The highest BCUT2D eigenvalue weighted by Gasteiger charge is 2.28. The summed E-state index contributed by atoms with van der Waals surface area (Å²) in [6.07, 6.45) is 5.24. The van der Waals surface area contributed by atoms with Crippen LogP contribution in [0.25, 0.3) is 0 Å². The monoisotopic (exact) mass is 261 g/mol. The molecule has 1 rings (SSSR count). The molecule has 4 heteroatoms. The minimum absolute atomic E-state index is 0.244. The molecular formula is C13H27NO2S. The van der Waals surface area contributed by atoms with Crippen molar-refractivity contribution in [1.82, 2.24) is 5.32 Å². The van der Waals surface area contributed by atoms with Crippen LogP contribution in [0.3, 0.4) is 0 Å². The summed E-state index contributed by atoms with van der Waals surface area (Å²) in [6, 6.07) is 0.452. The van der Waals surface area contributed by atoms with Crippen molar-refractivity contribution in [2.24, 2.45) is 5.92 Å². The Kier molecular flexibility index (Phi) is 5.02. The highest BCUT2D eigenvalue weighted by atomic mass is 32.2. The van der Waals surface area contributed by atoms with E-state index in [9.17, 15) is 8.42 Å². The van der Waals surface area contributed by atoms with Gasteiger partial charge in [0, 0.05) is 12.6 Å². The van der Waals surface area contributed by atoms with E-state index < -0.39 is 14.6 Å². The van der Waals surface area contributed by atoms with Gasteiger partial charge < -0.3 is 5.32 Å². The Morgan fingerprint density at radius 3 is 2.24 bits per heavy atom. The SMILES string of the molecule is C[C@H](NCCS(=O)(=O)C(C)(C)C)C1CCCC1. The molecule has 0 spiro atoms. The molecule has 3 nitrogen and oxygen atoms in total. The average molecular weight is 261 g/mol. The second-order valence-electron chi connectivity index (χ2n) is 6.22. The zero-order valence-corrected chi connectivity index (χ0v) is 12.4. The molecule has 102 valence electrons. The maximum absolute atomic E-state index is 11.9. The third-order valence-electron chi connectivity index (χ3n) is 3.88. The number of rotatable bonds is 5. The van der Waals surface area contributed by atoms with Crippen molar-refractivity contribution >= 4 is 9.84 Å². The standard InChI is InChI=1S/C13H27NO2S/c1-11(12-7-5-6-8-12)14-9-10-17(15,16)13(2,3)4/h11-12,14H,5-10H2,1-4H3/t11-/m0/s1. The summed E-state index contributed by atoms with van der Waals surface area (Å²) in [5, 5.41) is 3.37. The fourth-order valence-corrected chi connectivity index (χ4v) is 3.35. The van der Waals surface area contributed by atoms with Crippen LogP contribution >= 0.6 is 0 Å². The first-order valence-corrected chi connectivity index (χ1v) is 8.35. The van der Waals surface area contributed by atoms with Gasteiger partial charge in [-0.25, -0.2) is 8.42 Å². The van der Waals surface area contributed by atoms with Gasteiger partial charge in [0.25, 0.3) is 0 Å². The van der Waals surface area contributed by atoms with Gasteiger partial charge in [-0.05, 0) is 46.5 Å². The molecule has 1 atom stereocenters. The van der Waals surface area contributed by atoms with E-state index in [-0.39, 0.29) is 5.75 Å². The van der Waals surface area contributed by atoms with Crippen molar-refractivity contribution in [3.8, 4) is 0 Å². The van der Waals surface area contributed by atoms with Crippen molar-refractivity contribution in [1.29, 1.82) is 0 Å². The van der Waals surface area contributed by atoms with E-state index >= 15 is 0 Å². The Morgan fingerprint density at radius 2 is 1.76 bits per heavy atom. The molecule has 0 saturated heterocycles. The van der Waals surface area contributed by atoms with Gasteiger partial charge in [0.2, 0.25) is 0 Å². The van der Waals surface area contributed by atoms with E-state index in [1.807, 2.05) is 0 Å². The zero-order chi connectivity index (χ0) is 13.1. The molecule has 0 aromatic rings. The largest absolute Gasteiger partial charge is 0.313 e. The molecular weight excluding hydrogens is 234 g/mol. The Bertz CT molecular complexity index is 324. The summed E-state index contributed by atoms with van der Waals surface area (Å²) in [5.74, 6) is 0.987. The third kappa shape index (κ3) is 4.25. The Labute approximate surface area is 106 Å². The predicted molar refractivity (Wildman–Crippen MR) is 73.0 cm³/mol. The van der Waals surface area contributed by atoms with Crippen LogP contribution < -0.4 is 5.32 Å². The van der Waals surface area contributed by atoms with Crippen LogP contribution in [-0.4, -0.2) is 31.5 Å². The molecule has 1 fully saturated rings. The summed E-state index contributed by atoms with van der Waals surface area (Å²) in [6.45, 7) is 8.06. The van der Waals surface area contributed by atoms with Crippen LogP contribution in [0.5, 0.6) is 0 Å². The molecule has 1 N–H and O–H groups in total. The molecule has 0 amide bonds. The van der Waals surface area contributed by atoms with E-state index in [4.69, 9.17) is 0 Å². The van der Waals surface area contributed by atoms with Crippen molar-refractivity contribution in [3.63, 3.8) is 0 Å². The van der Waals surface area contributed by atoms with Crippen LogP contribution in [0.1, 0.15) is 53.4 Å². The van der Waals surface area contributed by atoms with Gasteiger partial charge in [0.1, 0.15) is 0 Å². The van der Waals surface area contributed by atoms with E-state index in [2.05, 4.69) is 12.2 Å². The first-order chi connectivity index (χ1) is 7.74. The minimum atomic E-state index is -2.98. The van der Waals surface area contributed by atoms with Gasteiger partial charge in [-0.2, -0.15) is 0 Å². The summed E-state index contributed by atoms with van der Waals surface area (Å²) in [4.78, 5) is 0. The zero-order valence-electron chi connectivity index (χ0n) is 11.6. The number of nitrogens with one attached hydrogen (secondary N) is 1. The molecule has 0 bridgehead atoms. The van der Waals surface area contributed by atoms with E-state index in [1.54, 1.807) is 20.8 Å². The molecule has 1 aliphatic carbocycles. The van der Waals surface area contributed by atoms with Gasteiger partial charge in [-0.3, -0.25) is 0 Å². The summed E-state index contributed by atoms with van der Waals surface area (Å²) in [7, 11) is -2.98. The molecule has 0 unspecified atom stereocenters. The second-order valence-corrected chi connectivity index (χ2v) is 9.08. The highest BCUT2D eigenvalue weighted by Crippen LogP contribution is 2.27. The fraction of sp³-hybridized carbons (Fsp3) is 1.00. The number of hydrogen-bond acceptors (Lipinski definition) is 3. The maximum atomic E-state index is 11.9. The molecule has 0 aliphatic heterocycles. The number of sulfone groups is 1. The van der Waals surface area contributed by atoms with E-state index in [0.29, 0.717) is 12.6 Å². The molecule has 1 saturated carbocycles. The fourth-order valence-electron chi connectivity index (χ4n) is 2.35. The smallest absolute Gasteiger partial charge is 0.156 e. The molecule has 0 radical (unpaired) electrons. The minimum Gasteiger partial charge on any atom is -0.313 e. The van der Waals surface area contributed by atoms with E-state index in [1.165, 1.54) is 25.7 Å². The summed E-state index contributed by atoms with van der Waals surface area (Å²) < 4.78 is 23.2. The van der Waals surface area contributed by atoms with Gasteiger partial charge in [-0.1, -0.05) is 12.8 Å². The topological polar surface area (TPSA) is 46.2 Å². The Hall–Kier alpha value is -0.0900. The predicted octanol–water partition coefficient (Wildman–Crippen LogP) is 2.37. The maximum Gasteiger partial charge on any atom is 0.156 e. The van der Waals surface area contributed by atoms with Gasteiger partial charge in [0.05, 0.1) is 10.5 Å². The Balaban J connectivity index is 2.32. The van der Waals surface area contributed by atoms with Crippen LogP contribution in [0.15, 0.2) is 0 Å². The Morgan fingerprint density at radius 1 is 1.24 bits per heavy atom. The van der Waals surface area contributed by atoms with Crippen molar-refractivity contribution < 1.29 is 8.42 Å². The lowest BCUT2D eigenvalue weighted by atomic mass is 10.00. The van der Waals surface area contributed by atoms with Gasteiger partial charge in [-0.15, -0.1) is 0 Å². The third-order valence-corrected chi connectivity index (χ3v) is 6.48. The molecule has 1 aliphatic rings. The highest BCUT2D eigenvalue weighted by molar-refractivity contribution is 7.92. The summed E-state index contributed by atoms with van der Waals surface area (Å²) in [5.41, 5.74) is 0. The van der Waals surface area contributed by atoms with Gasteiger partial charge >= 0.3 is 0 Å². The first kappa shape index (κ1) is 15.0. The lowest BCUT2D eigenvalue weighted by molar-refractivity contribution is 0.388. The normalized spacial score (nSPS) is 20.7. The van der Waals surface area contributed by atoms with E-state index in [0.717, 1.165) is 5.92 Å². The lowest BCUT2D eigenvalue weighted by Crippen LogP contribution is -2.39. The second kappa shape index (κ2) is 5.70. The van der Waals surface area contributed by atoms with Crippen molar-refractivity contribution in [3.05, 3.63) is 0 Å².